The molecule has 3 rings (SSSR count). The van der Waals surface area contributed by atoms with Crippen LogP contribution < -0.4 is 16.0 Å². The molecule has 0 radical (unpaired) electrons. The van der Waals surface area contributed by atoms with Crippen molar-refractivity contribution in [3.8, 4) is 0 Å². The van der Waals surface area contributed by atoms with Crippen LogP contribution in [0.5, 0.6) is 0 Å². The molecule has 3 aromatic rings. The molecule has 0 unspecified atom stereocenters. The van der Waals surface area contributed by atoms with Gasteiger partial charge in [0.25, 0.3) is 11.8 Å². The van der Waals surface area contributed by atoms with Crippen molar-refractivity contribution in [3.63, 3.8) is 0 Å². The van der Waals surface area contributed by atoms with Crippen LogP contribution in [-0.2, 0) is 11.2 Å². The second kappa shape index (κ2) is 9.60. The molecule has 0 saturated carbocycles. The van der Waals surface area contributed by atoms with Crippen molar-refractivity contribution < 1.29 is 18.8 Å². The van der Waals surface area contributed by atoms with Gasteiger partial charge in [-0.05, 0) is 64.0 Å². The summed E-state index contributed by atoms with van der Waals surface area (Å²) >= 11 is 9.16. The molecule has 7 nitrogen and oxygen atoms in total. The van der Waals surface area contributed by atoms with Gasteiger partial charge >= 0.3 is 0 Å². The van der Waals surface area contributed by atoms with Gasteiger partial charge in [0.15, 0.2) is 10.4 Å². The normalized spacial score (nSPS) is 10.4. The monoisotopic (exact) mass is 489 g/mol. The van der Waals surface area contributed by atoms with E-state index in [-0.39, 0.29) is 35.5 Å². The van der Waals surface area contributed by atoms with Crippen molar-refractivity contribution in [3.05, 3.63) is 81.2 Å². The number of hydrogen-bond donors (Lipinski definition) is 3. The summed E-state index contributed by atoms with van der Waals surface area (Å²) in [6.45, 7) is 0. The first kappa shape index (κ1) is 21.6. The highest BCUT2D eigenvalue weighted by Gasteiger charge is 2.13. The molecular weight excluding hydrogens is 474 g/mol. The van der Waals surface area contributed by atoms with Crippen molar-refractivity contribution in [1.29, 1.82) is 0 Å². The average molecular weight is 491 g/mol. The number of benzene rings is 2. The Hall–Kier alpha value is -3.10. The molecule has 0 aliphatic heterocycles. The van der Waals surface area contributed by atoms with Gasteiger partial charge in [-0.3, -0.25) is 14.4 Å². The van der Waals surface area contributed by atoms with E-state index in [4.69, 9.17) is 16.0 Å². The molecule has 3 amide bonds. The van der Waals surface area contributed by atoms with Gasteiger partial charge in [0.2, 0.25) is 5.91 Å². The standard InChI is InChI=1S/C21H17BrClN3O4/c1-24-20(28)15-11-14(6-7-16(15)23)25-19(27)10-12-2-4-13(5-3-12)26-21(29)17-8-9-18(22)30-17/h2-9,11H,10H2,1H3,(H,24,28)(H,25,27)(H,26,29). The van der Waals surface area contributed by atoms with Crippen LogP contribution in [0, 0.1) is 0 Å². The number of furan rings is 1. The Morgan fingerprint density at radius 2 is 1.63 bits per heavy atom. The zero-order valence-corrected chi connectivity index (χ0v) is 18.1. The van der Waals surface area contributed by atoms with E-state index in [1.54, 1.807) is 48.5 Å². The smallest absolute Gasteiger partial charge is 0.291 e. The number of amides is 3. The lowest BCUT2D eigenvalue weighted by molar-refractivity contribution is -0.115. The SMILES string of the molecule is CNC(=O)c1cc(NC(=O)Cc2ccc(NC(=O)c3ccc(Br)o3)cc2)ccc1Cl. The molecule has 3 N–H and O–H groups in total. The van der Waals surface area contributed by atoms with E-state index in [0.29, 0.717) is 21.1 Å². The zero-order valence-electron chi connectivity index (χ0n) is 15.8. The summed E-state index contributed by atoms with van der Waals surface area (Å²) in [5.74, 6) is -0.779. The van der Waals surface area contributed by atoms with E-state index < -0.39 is 0 Å². The summed E-state index contributed by atoms with van der Waals surface area (Å²) in [7, 11) is 1.50. The van der Waals surface area contributed by atoms with E-state index in [2.05, 4.69) is 31.9 Å². The van der Waals surface area contributed by atoms with Gasteiger partial charge in [0.05, 0.1) is 17.0 Å². The number of carbonyl (C=O) groups is 3. The summed E-state index contributed by atoms with van der Waals surface area (Å²) in [5, 5.41) is 8.26. The third-order valence-electron chi connectivity index (χ3n) is 4.10. The maximum Gasteiger partial charge on any atom is 0.291 e. The summed E-state index contributed by atoms with van der Waals surface area (Å²) in [6.07, 6.45) is 0.122. The van der Waals surface area contributed by atoms with Gasteiger partial charge < -0.3 is 20.4 Å². The lowest BCUT2D eigenvalue weighted by Gasteiger charge is -2.09. The van der Waals surface area contributed by atoms with Gasteiger partial charge in [-0.2, -0.15) is 0 Å². The predicted molar refractivity (Wildman–Crippen MR) is 118 cm³/mol. The summed E-state index contributed by atoms with van der Waals surface area (Å²) in [5.41, 5.74) is 2.08. The van der Waals surface area contributed by atoms with Crippen molar-refractivity contribution in [2.75, 3.05) is 17.7 Å². The van der Waals surface area contributed by atoms with Gasteiger partial charge in [0, 0.05) is 18.4 Å². The summed E-state index contributed by atoms with van der Waals surface area (Å²) in [4.78, 5) is 36.2. The number of nitrogens with one attached hydrogen (secondary N) is 3. The molecule has 0 fully saturated rings. The lowest BCUT2D eigenvalue weighted by Crippen LogP contribution is -2.19. The van der Waals surface area contributed by atoms with Crippen LogP contribution >= 0.6 is 27.5 Å². The number of hydrogen-bond acceptors (Lipinski definition) is 4. The molecule has 0 aliphatic rings. The minimum atomic E-state index is -0.374. The Morgan fingerprint density at radius 1 is 0.933 bits per heavy atom. The highest BCUT2D eigenvalue weighted by Crippen LogP contribution is 2.21. The molecule has 2 aromatic carbocycles. The Bertz CT molecular complexity index is 1100. The fraction of sp³-hybridized carbons (Fsp3) is 0.0952. The van der Waals surface area contributed by atoms with Gasteiger partial charge in [-0.15, -0.1) is 0 Å². The third-order valence-corrected chi connectivity index (χ3v) is 4.85. The highest BCUT2D eigenvalue weighted by atomic mass is 79.9. The van der Waals surface area contributed by atoms with Gasteiger partial charge in [-0.25, -0.2) is 0 Å². The second-order valence-corrected chi connectivity index (χ2v) is 7.44. The lowest BCUT2D eigenvalue weighted by atomic mass is 10.1. The highest BCUT2D eigenvalue weighted by molar-refractivity contribution is 9.10. The maximum absolute atomic E-state index is 12.3. The number of halogens is 2. The van der Waals surface area contributed by atoms with E-state index in [1.165, 1.54) is 13.1 Å². The Balaban J connectivity index is 1.59. The molecule has 154 valence electrons. The minimum Gasteiger partial charge on any atom is -0.444 e. The first-order valence-corrected chi connectivity index (χ1v) is 10.00. The fourth-order valence-electron chi connectivity index (χ4n) is 2.64. The first-order chi connectivity index (χ1) is 14.4. The Labute approximate surface area is 185 Å². The van der Waals surface area contributed by atoms with Gasteiger partial charge in [0.1, 0.15) is 0 Å². The number of rotatable bonds is 6. The third kappa shape index (κ3) is 5.49. The molecule has 9 heteroatoms. The predicted octanol–water partition coefficient (Wildman–Crippen LogP) is 4.49. The van der Waals surface area contributed by atoms with Crippen molar-refractivity contribution >= 4 is 56.6 Å². The molecule has 30 heavy (non-hydrogen) atoms. The Kier molecular flexibility index (Phi) is 6.91. The van der Waals surface area contributed by atoms with E-state index in [0.717, 1.165) is 5.56 Å². The number of carbonyl (C=O) groups excluding carboxylic acids is 3. The van der Waals surface area contributed by atoms with Crippen molar-refractivity contribution in [2.24, 2.45) is 0 Å². The van der Waals surface area contributed by atoms with Crippen LogP contribution in [-0.4, -0.2) is 24.8 Å². The van der Waals surface area contributed by atoms with Crippen LogP contribution in [0.4, 0.5) is 11.4 Å². The fourth-order valence-corrected chi connectivity index (χ4v) is 3.15. The minimum absolute atomic E-state index is 0.122. The van der Waals surface area contributed by atoms with E-state index in [1.807, 2.05) is 0 Å². The molecule has 0 bridgehead atoms. The van der Waals surface area contributed by atoms with Crippen LogP contribution in [0.3, 0.4) is 0 Å². The number of anilines is 2. The van der Waals surface area contributed by atoms with Crippen molar-refractivity contribution in [2.45, 2.75) is 6.42 Å². The average Bonchev–Trinajstić information content (AvgIpc) is 3.17. The molecule has 0 spiro atoms. The molecule has 0 atom stereocenters. The van der Waals surface area contributed by atoms with Crippen LogP contribution in [0.1, 0.15) is 26.5 Å². The molecular formula is C21H17BrClN3O4. The molecule has 0 aliphatic carbocycles. The van der Waals surface area contributed by atoms with Crippen LogP contribution in [0.15, 0.2) is 63.7 Å². The van der Waals surface area contributed by atoms with E-state index >= 15 is 0 Å². The van der Waals surface area contributed by atoms with Crippen LogP contribution in [0.2, 0.25) is 5.02 Å². The molecule has 1 heterocycles. The second-order valence-electron chi connectivity index (χ2n) is 6.25. The summed E-state index contributed by atoms with van der Waals surface area (Å²) in [6, 6.07) is 14.8. The van der Waals surface area contributed by atoms with E-state index in [9.17, 15) is 14.4 Å². The summed E-state index contributed by atoms with van der Waals surface area (Å²) < 4.78 is 5.68. The molecule has 0 saturated heterocycles. The largest absolute Gasteiger partial charge is 0.444 e. The topological polar surface area (TPSA) is 100 Å². The molecule has 1 aromatic heterocycles. The van der Waals surface area contributed by atoms with Gasteiger partial charge in [-0.1, -0.05) is 23.7 Å². The quantitative estimate of drug-likeness (QED) is 0.474. The van der Waals surface area contributed by atoms with Crippen molar-refractivity contribution in [1.82, 2.24) is 5.32 Å². The zero-order chi connectivity index (χ0) is 21.7. The Morgan fingerprint density at radius 3 is 2.27 bits per heavy atom. The first-order valence-electron chi connectivity index (χ1n) is 8.83. The van der Waals surface area contributed by atoms with Crippen LogP contribution in [0.25, 0.3) is 0 Å². The maximum atomic E-state index is 12.3.